The summed E-state index contributed by atoms with van der Waals surface area (Å²) in [6.07, 6.45) is 8.55. The SMILES string of the molecule is CCCn1cncc1C(CN)N(C)Cc1ccncc1. The molecule has 108 valence electrons. The topological polar surface area (TPSA) is 60.0 Å². The van der Waals surface area contributed by atoms with Crippen molar-refractivity contribution in [3.8, 4) is 0 Å². The Hall–Kier alpha value is -1.72. The number of imidazole rings is 1. The van der Waals surface area contributed by atoms with Gasteiger partial charge in [-0.15, -0.1) is 0 Å². The molecule has 0 aliphatic rings. The van der Waals surface area contributed by atoms with Gasteiger partial charge in [0.1, 0.15) is 0 Å². The maximum absolute atomic E-state index is 5.99. The van der Waals surface area contributed by atoms with Crippen LogP contribution in [0.5, 0.6) is 0 Å². The zero-order valence-corrected chi connectivity index (χ0v) is 12.2. The van der Waals surface area contributed by atoms with Crippen molar-refractivity contribution in [1.82, 2.24) is 19.4 Å². The minimum atomic E-state index is 0.178. The van der Waals surface area contributed by atoms with Gasteiger partial charge in [-0.05, 0) is 31.2 Å². The number of aromatic nitrogens is 3. The third-order valence-electron chi connectivity index (χ3n) is 3.49. The van der Waals surface area contributed by atoms with Gasteiger partial charge in [-0.25, -0.2) is 4.98 Å². The standard InChI is InChI=1S/C15H23N5/c1-3-8-20-12-18-10-15(20)14(9-16)19(2)11-13-4-6-17-7-5-13/h4-7,10,12,14H,3,8-9,11,16H2,1-2H3. The molecular weight excluding hydrogens is 250 g/mol. The third kappa shape index (κ3) is 3.43. The fourth-order valence-electron chi connectivity index (χ4n) is 2.45. The van der Waals surface area contributed by atoms with E-state index < -0.39 is 0 Å². The van der Waals surface area contributed by atoms with Gasteiger partial charge in [-0.1, -0.05) is 6.92 Å². The lowest BCUT2D eigenvalue weighted by Gasteiger charge is -2.27. The summed E-state index contributed by atoms with van der Waals surface area (Å²) in [6, 6.07) is 4.25. The number of pyridine rings is 1. The third-order valence-corrected chi connectivity index (χ3v) is 3.49. The molecule has 5 heteroatoms. The predicted octanol–water partition coefficient (Wildman–Crippen LogP) is 1.82. The number of likely N-dealkylation sites (N-methyl/N-ethyl adjacent to an activating group) is 1. The largest absolute Gasteiger partial charge is 0.333 e. The van der Waals surface area contributed by atoms with Gasteiger partial charge >= 0.3 is 0 Å². The minimum Gasteiger partial charge on any atom is -0.333 e. The van der Waals surface area contributed by atoms with Gasteiger partial charge in [0, 0.05) is 38.2 Å². The van der Waals surface area contributed by atoms with E-state index in [0.29, 0.717) is 6.54 Å². The second-order valence-corrected chi connectivity index (χ2v) is 5.03. The molecule has 2 heterocycles. The quantitative estimate of drug-likeness (QED) is 0.836. The van der Waals surface area contributed by atoms with Crippen LogP contribution >= 0.6 is 0 Å². The molecule has 0 fully saturated rings. The highest BCUT2D eigenvalue weighted by Gasteiger charge is 2.19. The Morgan fingerprint density at radius 2 is 2.05 bits per heavy atom. The molecule has 0 spiro atoms. The van der Waals surface area contributed by atoms with Crippen molar-refractivity contribution in [3.05, 3.63) is 48.3 Å². The molecule has 2 aromatic heterocycles. The van der Waals surface area contributed by atoms with E-state index in [2.05, 4.69) is 33.4 Å². The lowest BCUT2D eigenvalue weighted by Crippen LogP contribution is -2.31. The second-order valence-electron chi connectivity index (χ2n) is 5.03. The smallest absolute Gasteiger partial charge is 0.0948 e. The lowest BCUT2D eigenvalue weighted by atomic mass is 10.1. The van der Waals surface area contributed by atoms with E-state index in [-0.39, 0.29) is 6.04 Å². The molecule has 0 saturated heterocycles. The van der Waals surface area contributed by atoms with Gasteiger partial charge in [0.15, 0.2) is 0 Å². The highest BCUT2D eigenvalue weighted by atomic mass is 15.2. The van der Waals surface area contributed by atoms with Crippen LogP contribution in [0.1, 0.15) is 30.6 Å². The first-order valence-electron chi connectivity index (χ1n) is 7.05. The van der Waals surface area contributed by atoms with Crippen LogP contribution < -0.4 is 5.73 Å². The summed E-state index contributed by atoms with van der Waals surface area (Å²) < 4.78 is 2.20. The minimum absolute atomic E-state index is 0.178. The van der Waals surface area contributed by atoms with Crippen molar-refractivity contribution in [2.24, 2.45) is 5.73 Å². The Labute approximate surface area is 120 Å². The molecule has 0 aromatic carbocycles. The number of nitrogens with two attached hydrogens (primary N) is 1. The molecule has 0 saturated carbocycles. The van der Waals surface area contributed by atoms with Crippen LogP contribution in [0, 0.1) is 0 Å². The van der Waals surface area contributed by atoms with Crippen LogP contribution in [0.25, 0.3) is 0 Å². The summed E-state index contributed by atoms with van der Waals surface area (Å²) >= 11 is 0. The van der Waals surface area contributed by atoms with Crippen LogP contribution in [0.3, 0.4) is 0 Å². The molecule has 0 amide bonds. The Morgan fingerprint density at radius 1 is 1.30 bits per heavy atom. The lowest BCUT2D eigenvalue weighted by molar-refractivity contribution is 0.232. The summed E-state index contributed by atoms with van der Waals surface area (Å²) in [7, 11) is 2.10. The Morgan fingerprint density at radius 3 is 2.70 bits per heavy atom. The molecule has 0 radical (unpaired) electrons. The predicted molar refractivity (Wildman–Crippen MR) is 80.0 cm³/mol. The van der Waals surface area contributed by atoms with Crippen LogP contribution in [-0.2, 0) is 13.1 Å². The molecular formula is C15H23N5. The number of hydrogen-bond acceptors (Lipinski definition) is 4. The maximum atomic E-state index is 5.99. The normalized spacial score (nSPS) is 12.8. The van der Waals surface area contributed by atoms with E-state index in [4.69, 9.17) is 5.73 Å². The average Bonchev–Trinajstić information content (AvgIpc) is 2.89. The van der Waals surface area contributed by atoms with E-state index >= 15 is 0 Å². The summed E-state index contributed by atoms with van der Waals surface area (Å²) in [5.74, 6) is 0. The maximum Gasteiger partial charge on any atom is 0.0948 e. The van der Waals surface area contributed by atoms with E-state index in [1.807, 2.05) is 37.1 Å². The van der Waals surface area contributed by atoms with Crippen molar-refractivity contribution < 1.29 is 0 Å². The molecule has 0 aliphatic heterocycles. The summed E-state index contributed by atoms with van der Waals surface area (Å²) in [5.41, 5.74) is 8.41. The number of aryl methyl sites for hydroxylation is 1. The zero-order chi connectivity index (χ0) is 14.4. The zero-order valence-electron chi connectivity index (χ0n) is 12.2. The first kappa shape index (κ1) is 14.7. The Bertz CT molecular complexity index is 508. The number of rotatable bonds is 7. The first-order chi connectivity index (χ1) is 9.76. The molecule has 0 aliphatic carbocycles. The first-order valence-corrected chi connectivity index (χ1v) is 7.05. The van der Waals surface area contributed by atoms with Gasteiger partial charge in [-0.3, -0.25) is 9.88 Å². The number of hydrogen-bond donors (Lipinski definition) is 1. The van der Waals surface area contributed by atoms with Crippen molar-refractivity contribution in [3.63, 3.8) is 0 Å². The average molecular weight is 273 g/mol. The monoisotopic (exact) mass is 273 g/mol. The van der Waals surface area contributed by atoms with E-state index in [1.54, 1.807) is 0 Å². The van der Waals surface area contributed by atoms with Gasteiger partial charge in [-0.2, -0.15) is 0 Å². The molecule has 5 nitrogen and oxygen atoms in total. The van der Waals surface area contributed by atoms with Crippen LogP contribution in [0.2, 0.25) is 0 Å². The Balaban J connectivity index is 2.12. The van der Waals surface area contributed by atoms with Gasteiger partial charge in [0.05, 0.1) is 18.1 Å². The molecule has 20 heavy (non-hydrogen) atoms. The molecule has 2 rings (SSSR count). The fraction of sp³-hybridized carbons (Fsp3) is 0.467. The summed E-state index contributed by atoms with van der Waals surface area (Å²) in [6.45, 7) is 4.58. The molecule has 1 unspecified atom stereocenters. The van der Waals surface area contributed by atoms with Gasteiger partial charge in [0.2, 0.25) is 0 Å². The van der Waals surface area contributed by atoms with Crippen LogP contribution in [0.4, 0.5) is 0 Å². The number of nitrogens with zero attached hydrogens (tertiary/aromatic N) is 4. The van der Waals surface area contributed by atoms with Gasteiger partial charge < -0.3 is 10.3 Å². The highest BCUT2D eigenvalue weighted by molar-refractivity contribution is 5.12. The van der Waals surface area contributed by atoms with Crippen molar-refractivity contribution >= 4 is 0 Å². The van der Waals surface area contributed by atoms with Crippen LogP contribution in [-0.4, -0.2) is 33.0 Å². The molecule has 0 bridgehead atoms. The van der Waals surface area contributed by atoms with Crippen molar-refractivity contribution in [1.29, 1.82) is 0 Å². The summed E-state index contributed by atoms with van der Waals surface area (Å²) in [5, 5.41) is 0. The molecule has 1 atom stereocenters. The van der Waals surface area contributed by atoms with Crippen LogP contribution in [0.15, 0.2) is 37.1 Å². The fourth-order valence-corrected chi connectivity index (χ4v) is 2.45. The van der Waals surface area contributed by atoms with Crippen molar-refractivity contribution in [2.75, 3.05) is 13.6 Å². The second kappa shape index (κ2) is 7.17. The Kier molecular flexibility index (Phi) is 5.26. The van der Waals surface area contributed by atoms with E-state index in [9.17, 15) is 0 Å². The van der Waals surface area contributed by atoms with E-state index in [0.717, 1.165) is 19.5 Å². The highest BCUT2D eigenvalue weighted by Crippen LogP contribution is 2.20. The van der Waals surface area contributed by atoms with E-state index in [1.165, 1.54) is 11.3 Å². The van der Waals surface area contributed by atoms with Gasteiger partial charge in [0.25, 0.3) is 0 Å². The summed E-state index contributed by atoms with van der Waals surface area (Å²) in [4.78, 5) is 10.6. The molecule has 2 aromatic rings. The van der Waals surface area contributed by atoms with Crippen molar-refractivity contribution in [2.45, 2.75) is 32.5 Å². The molecule has 2 N–H and O–H groups in total.